The van der Waals surface area contributed by atoms with Gasteiger partial charge in [-0.1, -0.05) is 74.0 Å². The minimum absolute atomic E-state index is 0.107. The Morgan fingerprint density at radius 2 is 1.74 bits per heavy atom. The predicted octanol–water partition coefficient (Wildman–Crippen LogP) is 5.07. The highest BCUT2D eigenvalue weighted by Gasteiger charge is 2.27. The number of carbonyl (C=O) groups is 2. The zero-order valence-electron chi connectivity index (χ0n) is 19.1. The molecule has 1 N–H and O–H groups in total. The summed E-state index contributed by atoms with van der Waals surface area (Å²) in [7, 11) is 0. The highest BCUT2D eigenvalue weighted by molar-refractivity contribution is 9.10. The average molecular weight is 489 g/mol. The highest BCUT2D eigenvalue weighted by atomic mass is 79.9. The summed E-state index contributed by atoms with van der Waals surface area (Å²) in [5.41, 5.74) is 1.88. The Kier molecular flexibility index (Phi) is 9.11. The largest absolute Gasteiger partial charge is 0.483 e. The van der Waals surface area contributed by atoms with Crippen LogP contribution in [0.15, 0.2) is 53.0 Å². The van der Waals surface area contributed by atoms with E-state index in [0.29, 0.717) is 18.8 Å². The number of nitrogens with zero attached hydrogens (tertiary/aromatic N) is 1. The topological polar surface area (TPSA) is 58.6 Å². The smallest absolute Gasteiger partial charge is 0.261 e. The molecule has 0 saturated carbocycles. The molecule has 168 valence electrons. The van der Waals surface area contributed by atoms with Crippen molar-refractivity contribution in [2.45, 2.75) is 59.0 Å². The number of nitrogens with one attached hydrogen (secondary N) is 1. The average Bonchev–Trinajstić information content (AvgIpc) is 2.74. The van der Waals surface area contributed by atoms with Crippen molar-refractivity contribution in [3.8, 4) is 5.75 Å². The van der Waals surface area contributed by atoms with Gasteiger partial charge in [0, 0.05) is 17.6 Å². The van der Waals surface area contributed by atoms with E-state index in [1.165, 1.54) is 0 Å². The van der Waals surface area contributed by atoms with Crippen molar-refractivity contribution in [1.82, 2.24) is 10.2 Å². The van der Waals surface area contributed by atoms with Gasteiger partial charge in [-0.05, 0) is 48.1 Å². The number of amides is 2. The van der Waals surface area contributed by atoms with Crippen LogP contribution in [0.2, 0.25) is 0 Å². The number of halogens is 1. The SMILES string of the molecule is CCCNC(=O)[C@@H](C)N(Cc1ccc(Br)cc1)C(=O)COc1ccccc1C(C)(C)C. The first-order valence-electron chi connectivity index (χ1n) is 10.7. The van der Waals surface area contributed by atoms with E-state index in [9.17, 15) is 9.59 Å². The summed E-state index contributed by atoms with van der Waals surface area (Å²) in [6, 6.07) is 14.9. The molecule has 0 radical (unpaired) electrons. The third-order valence-electron chi connectivity index (χ3n) is 5.03. The van der Waals surface area contributed by atoms with Gasteiger partial charge in [-0.3, -0.25) is 9.59 Å². The van der Waals surface area contributed by atoms with E-state index in [-0.39, 0.29) is 23.8 Å². The van der Waals surface area contributed by atoms with Gasteiger partial charge >= 0.3 is 0 Å². The van der Waals surface area contributed by atoms with Gasteiger partial charge in [-0.2, -0.15) is 0 Å². The van der Waals surface area contributed by atoms with E-state index >= 15 is 0 Å². The fourth-order valence-corrected chi connectivity index (χ4v) is 3.46. The van der Waals surface area contributed by atoms with Crippen molar-refractivity contribution in [3.63, 3.8) is 0 Å². The number of para-hydroxylation sites is 1. The van der Waals surface area contributed by atoms with Crippen molar-refractivity contribution in [3.05, 3.63) is 64.1 Å². The van der Waals surface area contributed by atoms with Crippen molar-refractivity contribution in [1.29, 1.82) is 0 Å². The summed E-state index contributed by atoms with van der Waals surface area (Å²) >= 11 is 3.43. The molecule has 0 aliphatic heterocycles. The Morgan fingerprint density at radius 3 is 2.35 bits per heavy atom. The minimum Gasteiger partial charge on any atom is -0.483 e. The van der Waals surface area contributed by atoms with Gasteiger partial charge in [0.15, 0.2) is 6.61 Å². The fraction of sp³-hybridized carbons (Fsp3) is 0.440. The van der Waals surface area contributed by atoms with Gasteiger partial charge < -0.3 is 15.0 Å². The molecule has 0 fully saturated rings. The van der Waals surface area contributed by atoms with Crippen LogP contribution < -0.4 is 10.1 Å². The Labute approximate surface area is 194 Å². The molecule has 5 nitrogen and oxygen atoms in total. The van der Waals surface area contributed by atoms with E-state index < -0.39 is 6.04 Å². The van der Waals surface area contributed by atoms with Crippen LogP contribution in [0.1, 0.15) is 52.2 Å². The Morgan fingerprint density at radius 1 is 1.10 bits per heavy atom. The van der Waals surface area contributed by atoms with E-state index in [4.69, 9.17) is 4.74 Å². The van der Waals surface area contributed by atoms with E-state index in [0.717, 1.165) is 22.0 Å². The van der Waals surface area contributed by atoms with Gasteiger partial charge in [-0.15, -0.1) is 0 Å². The molecule has 1 atom stereocenters. The van der Waals surface area contributed by atoms with Crippen LogP contribution in [0.4, 0.5) is 0 Å². The van der Waals surface area contributed by atoms with Crippen LogP contribution in [-0.4, -0.2) is 35.9 Å². The molecule has 2 aromatic carbocycles. The Bertz CT molecular complexity index is 875. The molecule has 0 aliphatic rings. The van der Waals surface area contributed by atoms with E-state index in [1.807, 2.05) is 55.5 Å². The van der Waals surface area contributed by atoms with Crippen molar-refractivity contribution >= 4 is 27.7 Å². The number of ether oxygens (including phenoxy) is 1. The van der Waals surface area contributed by atoms with Crippen molar-refractivity contribution in [2.24, 2.45) is 0 Å². The fourth-order valence-electron chi connectivity index (χ4n) is 3.20. The van der Waals surface area contributed by atoms with Crippen molar-refractivity contribution in [2.75, 3.05) is 13.2 Å². The third kappa shape index (κ3) is 7.39. The summed E-state index contributed by atoms with van der Waals surface area (Å²) in [4.78, 5) is 27.4. The van der Waals surface area contributed by atoms with Gasteiger partial charge in [0.25, 0.3) is 5.91 Å². The molecule has 31 heavy (non-hydrogen) atoms. The van der Waals surface area contributed by atoms with Crippen LogP contribution in [0.5, 0.6) is 5.75 Å². The standard InChI is InChI=1S/C25H33BrN2O3/c1-6-15-27-24(30)18(2)28(16-19-11-13-20(26)14-12-19)23(29)17-31-22-10-8-7-9-21(22)25(3,4)5/h7-14,18H,6,15-17H2,1-5H3,(H,27,30)/t18-/m1/s1. The van der Waals surface area contributed by atoms with E-state index in [2.05, 4.69) is 42.0 Å². The molecule has 0 spiro atoms. The van der Waals surface area contributed by atoms with Crippen LogP contribution >= 0.6 is 15.9 Å². The number of carbonyl (C=O) groups excluding carboxylic acids is 2. The first-order chi connectivity index (χ1) is 14.6. The molecule has 6 heteroatoms. The Balaban J connectivity index is 2.19. The number of rotatable bonds is 9. The summed E-state index contributed by atoms with van der Waals surface area (Å²) in [5.74, 6) is 0.295. The number of hydrogen-bond donors (Lipinski definition) is 1. The second kappa shape index (κ2) is 11.3. The normalized spacial score (nSPS) is 12.2. The second-order valence-electron chi connectivity index (χ2n) is 8.65. The van der Waals surface area contributed by atoms with Crippen LogP contribution in [0.25, 0.3) is 0 Å². The first-order valence-corrected chi connectivity index (χ1v) is 11.5. The van der Waals surface area contributed by atoms with Gasteiger partial charge in [-0.25, -0.2) is 0 Å². The lowest BCUT2D eigenvalue weighted by molar-refractivity contribution is -0.142. The first kappa shape index (κ1) is 24.9. The summed E-state index contributed by atoms with van der Waals surface area (Å²) in [6.07, 6.45) is 0.839. The maximum Gasteiger partial charge on any atom is 0.261 e. The van der Waals surface area contributed by atoms with Crippen LogP contribution in [0.3, 0.4) is 0 Å². The molecule has 0 bridgehead atoms. The molecule has 0 heterocycles. The molecule has 0 saturated heterocycles. The van der Waals surface area contributed by atoms with Gasteiger partial charge in [0.2, 0.25) is 5.91 Å². The molecule has 0 unspecified atom stereocenters. The maximum absolute atomic E-state index is 13.2. The lowest BCUT2D eigenvalue weighted by Gasteiger charge is -2.29. The van der Waals surface area contributed by atoms with Gasteiger partial charge in [0.1, 0.15) is 11.8 Å². The molecular formula is C25H33BrN2O3. The Hall–Kier alpha value is -2.34. The van der Waals surface area contributed by atoms with E-state index in [1.54, 1.807) is 11.8 Å². The van der Waals surface area contributed by atoms with Crippen molar-refractivity contribution < 1.29 is 14.3 Å². The summed E-state index contributed by atoms with van der Waals surface area (Å²) in [6.45, 7) is 10.9. The van der Waals surface area contributed by atoms with Crippen LogP contribution in [0, 0.1) is 0 Å². The quantitative estimate of drug-likeness (QED) is 0.535. The molecule has 2 amide bonds. The summed E-state index contributed by atoms with van der Waals surface area (Å²) < 4.78 is 6.91. The molecule has 2 rings (SSSR count). The number of hydrogen-bond acceptors (Lipinski definition) is 3. The maximum atomic E-state index is 13.2. The van der Waals surface area contributed by atoms with Gasteiger partial charge in [0.05, 0.1) is 0 Å². The summed E-state index contributed by atoms with van der Waals surface area (Å²) in [5, 5.41) is 2.88. The van der Waals surface area contributed by atoms with Crippen LogP contribution in [-0.2, 0) is 21.5 Å². The second-order valence-corrected chi connectivity index (χ2v) is 9.57. The zero-order chi connectivity index (χ0) is 23.0. The predicted molar refractivity (Wildman–Crippen MR) is 128 cm³/mol. The minimum atomic E-state index is -0.607. The molecular weight excluding hydrogens is 456 g/mol. The lowest BCUT2D eigenvalue weighted by Crippen LogP contribution is -2.49. The molecule has 0 aliphatic carbocycles. The lowest BCUT2D eigenvalue weighted by atomic mass is 9.86. The highest BCUT2D eigenvalue weighted by Crippen LogP contribution is 2.31. The third-order valence-corrected chi connectivity index (χ3v) is 5.56. The zero-order valence-corrected chi connectivity index (χ0v) is 20.7. The monoisotopic (exact) mass is 488 g/mol. The number of benzene rings is 2. The molecule has 0 aromatic heterocycles. The molecule has 2 aromatic rings.